The maximum absolute atomic E-state index is 5.17. The molecule has 1 saturated carbocycles. The van der Waals surface area contributed by atoms with Gasteiger partial charge in [-0.1, -0.05) is 33.1 Å². The van der Waals surface area contributed by atoms with Crippen molar-refractivity contribution in [2.75, 3.05) is 0 Å². The van der Waals surface area contributed by atoms with E-state index in [0.29, 0.717) is 6.04 Å². The summed E-state index contributed by atoms with van der Waals surface area (Å²) in [4.78, 5) is 4.14. The highest BCUT2D eigenvalue weighted by Crippen LogP contribution is 2.19. The van der Waals surface area contributed by atoms with E-state index in [2.05, 4.69) is 4.99 Å². The van der Waals surface area contributed by atoms with Gasteiger partial charge in [0.25, 0.3) is 0 Å². The lowest BCUT2D eigenvalue weighted by Crippen LogP contribution is -2.10. The van der Waals surface area contributed by atoms with Crippen LogP contribution in [0, 0.1) is 0 Å². The molecule has 2 N–H and O–H groups in total. The number of nitrogens with zero attached hydrogens (tertiary/aromatic N) is 1. The molecule has 0 amide bonds. The zero-order valence-electron chi connectivity index (χ0n) is 7.71. The molecule has 66 valence electrons. The van der Waals surface area contributed by atoms with Crippen molar-refractivity contribution in [3.05, 3.63) is 0 Å². The van der Waals surface area contributed by atoms with Gasteiger partial charge in [-0.3, -0.25) is 4.99 Å². The van der Waals surface area contributed by atoms with Crippen LogP contribution in [0.3, 0.4) is 0 Å². The summed E-state index contributed by atoms with van der Waals surface area (Å²) < 4.78 is 0. The van der Waals surface area contributed by atoms with Gasteiger partial charge >= 0.3 is 0 Å². The highest BCUT2D eigenvalue weighted by atomic mass is 14.8. The Morgan fingerprint density at radius 1 is 1.18 bits per heavy atom. The largest absolute Gasteiger partial charge is 0.390 e. The van der Waals surface area contributed by atoms with Gasteiger partial charge in [0.2, 0.25) is 0 Å². The molecule has 11 heavy (non-hydrogen) atoms. The van der Waals surface area contributed by atoms with E-state index in [1.54, 1.807) is 0 Å². The van der Waals surface area contributed by atoms with Gasteiger partial charge in [-0.25, -0.2) is 0 Å². The molecule has 1 aliphatic rings. The third kappa shape index (κ3) is 4.82. The lowest BCUT2D eigenvalue weighted by molar-refractivity contribution is 0.444. The van der Waals surface area contributed by atoms with Crippen molar-refractivity contribution in [1.29, 1.82) is 0 Å². The normalized spacial score (nSPS) is 19.5. The molecule has 0 aromatic carbocycles. The zero-order chi connectivity index (χ0) is 8.53. The predicted octanol–water partition coefficient (Wildman–Crippen LogP) is 2.33. The minimum atomic E-state index is 0.545. The maximum Gasteiger partial charge on any atom is 0.0801 e. The molecule has 0 aliphatic heterocycles. The second kappa shape index (κ2) is 7.58. The highest BCUT2D eigenvalue weighted by molar-refractivity contribution is 5.51. The van der Waals surface area contributed by atoms with Crippen LogP contribution in [0.4, 0.5) is 0 Å². The molecule has 0 saturated heterocycles. The van der Waals surface area contributed by atoms with Crippen LogP contribution >= 0.6 is 0 Å². The lowest BCUT2D eigenvalue weighted by Gasteiger charge is -2.16. The van der Waals surface area contributed by atoms with Crippen LogP contribution in [-0.2, 0) is 0 Å². The van der Waals surface area contributed by atoms with Crippen LogP contribution in [0.2, 0.25) is 0 Å². The van der Waals surface area contributed by atoms with Gasteiger partial charge in [0, 0.05) is 0 Å². The molecule has 0 unspecified atom stereocenters. The van der Waals surface area contributed by atoms with Gasteiger partial charge in [-0.2, -0.15) is 0 Å². The Morgan fingerprint density at radius 2 is 1.73 bits per heavy atom. The first kappa shape index (κ1) is 10.5. The number of nitrogens with two attached hydrogens (primary N) is 1. The fraction of sp³-hybridized carbons (Fsp3) is 0.889. The first-order chi connectivity index (χ1) is 5.43. The van der Waals surface area contributed by atoms with Crippen molar-refractivity contribution in [1.82, 2.24) is 0 Å². The van der Waals surface area contributed by atoms with Gasteiger partial charge in [-0.05, 0) is 12.8 Å². The van der Waals surface area contributed by atoms with E-state index in [-0.39, 0.29) is 0 Å². The van der Waals surface area contributed by atoms with Crippen molar-refractivity contribution < 1.29 is 0 Å². The molecule has 0 aromatic rings. The summed E-state index contributed by atoms with van der Waals surface area (Å²) in [5.74, 6) is 0. The molecule has 0 atom stereocenters. The number of hydrogen-bond acceptors (Lipinski definition) is 1. The summed E-state index contributed by atoms with van der Waals surface area (Å²) in [6, 6.07) is 0.545. The van der Waals surface area contributed by atoms with Gasteiger partial charge in [0.05, 0.1) is 12.4 Å². The van der Waals surface area contributed by atoms with Crippen molar-refractivity contribution in [2.45, 2.75) is 52.0 Å². The molecule has 1 fully saturated rings. The molecule has 1 aliphatic carbocycles. The van der Waals surface area contributed by atoms with Gasteiger partial charge in [0.15, 0.2) is 0 Å². The van der Waals surface area contributed by atoms with Crippen molar-refractivity contribution in [3.63, 3.8) is 0 Å². The van der Waals surface area contributed by atoms with E-state index in [0.717, 1.165) is 0 Å². The summed E-state index contributed by atoms with van der Waals surface area (Å²) in [6.07, 6.45) is 7.98. The summed E-state index contributed by atoms with van der Waals surface area (Å²) in [5, 5.41) is 0. The first-order valence-corrected chi connectivity index (χ1v) is 4.67. The van der Waals surface area contributed by atoms with E-state index in [1.807, 2.05) is 13.8 Å². The predicted molar refractivity (Wildman–Crippen MR) is 50.9 cm³/mol. The molecular weight excluding hydrogens is 136 g/mol. The maximum atomic E-state index is 5.17. The monoisotopic (exact) mass is 156 g/mol. The molecule has 2 heteroatoms. The SMILES string of the molecule is CC.NC=NC1CCCCC1. The minimum absolute atomic E-state index is 0.545. The molecular formula is C9H20N2. The van der Waals surface area contributed by atoms with E-state index >= 15 is 0 Å². The van der Waals surface area contributed by atoms with Crippen molar-refractivity contribution in [2.24, 2.45) is 10.7 Å². The van der Waals surface area contributed by atoms with Crippen LogP contribution in [0.5, 0.6) is 0 Å². The van der Waals surface area contributed by atoms with Crippen molar-refractivity contribution >= 4 is 6.34 Å². The summed E-state index contributed by atoms with van der Waals surface area (Å²) in [6.45, 7) is 4.00. The first-order valence-electron chi connectivity index (χ1n) is 4.67. The molecule has 0 bridgehead atoms. The lowest BCUT2D eigenvalue weighted by atomic mass is 9.96. The third-order valence-corrected chi connectivity index (χ3v) is 1.87. The number of aliphatic imine (C=N–C) groups is 1. The highest BCUT2D eigenvalue weighted by Gasteiger charge is 2.09. The Balaban J connectivity index is 0.000000461. The Bertz CT molecular complexity index is 93.7. The van der Waals surface area contributed by atoms with Gasteiger partial charge < -0.3 is 5.73 Å². The zero-order valence-corrected chi connectivity index (χ0v) is 7.71. The van der Waals surface area contributed by atoms with E-state index in [9.17, 15) is 0 Å². The van der Waals surface area contributed by atoms with Crippen LogP contribution < -0.4 is 5.73 Å². The average molecular weight is 156 g/mol. The van der Waals surface area contributed by atoms with Crippen LogP contribution in [0.1, 0.15) is 46.0 Å². The molecule has 0 radical (unpaired) electrons. The van der Waals surface area contributed by atoms with Crippen LogP contribution in [-0.4, -0.2) is 12.4 Å². The third-order valence-electron chi connectivity index (χ3n) is 1.87. The van der Waals surface area contributed by atoms with Gasteiger partial charge in [0.1, 0.15) is 0 Å². The second-order valence-corrected chi connectivity index (χ2v) is 2.59. The standard InChI is InChI=1S/C7H14N2.C2H6/c8-6-9-7-4-2-1-3-5-7;1-2/h6-7H,1-5H2,(H2,8,9);1-2H3. The van der Waals surface area contributed by atoms with Crippen LogP contribution in [0.25, 0.3) is 0 Å². The second-order valence-electron chi connectivity index (χ2n) is 2.59. The Kier molecular flexibility index (Phi) is 7.21. The summed E-state index contributed by atoms with van der Waals surface area (Å²) in [7, 11) is 0. The molecule has 0 spiro atoms. The minimum Gasteiger partial charge on any atom is -0.390 e. The van der Waals surface area contributed by atoms with Crippen LogP contribution in [0.15, 0.2) is 4.99 Å². The Labute approximate surface area is 69.9 Å². The Morgan fingerprint density at radius 3 is 2.18 bits per heavy atom. The fourth-order valence-corrected chi connectivity index (χ4v) is 1.35. The van der Waals surface area contributed by atoms with Crippen molar-refractivity contribution in [3.8, 4) is 0 Å². The quantitative estimate of drug-likeness (QED) is 0.459. The van der Waals surface area contributed by atoms with Gasteiger partial charge in [-0.15, -0.1) is 0 Å². The average Bonchev–Trinajstić information content (AvgIpc) is 2.11. The molecule has 0 heterocycles. The number of rotatable bonds is 1. The molecule has 0 aromatic heterocycles. The molecule has 1 rings (SSSR count). The van der Waals surface area contributed by atoms with E-state index in [4.69, 9.17) is 5.73 Å². The number of hydrogen-bond donors (Lipinski definition) is 1. The van der Waals surface area contributed by atoms with E-state index in [1.165, 1.54) is 38.4 Å². The smallest absolute Gasteiger partial charge is 0.0801 e. The Hall–Kier alpha value is -0.530. The molecule has 2 nitrogen and oxygen atoms in total. The summed E-state index contributed by atoms with van der Waals surface area (Å²) in [5.41, 5.74) is 5.17. The fourth-order valence-electron chi connectivity index (χ4n) is 1.35. The van der Waals surface area contributed by atoms with E-state index < -0.39 is 0 Å². The summed E-state index contributed by atoms with van der Waals surface area (Å²) >= 11 is 0. The topological polar surface area (TPSA) is 38.4 Å².